The van der Waals surface area contributed by atoms with Gasteiger partial charge in [0, 0.05) is 29.7 Å². The summed E-state index contributed by atoms with van der Waals surface area (Å²) in [7, 11) is 0. The number of hydrogen-bond donors (Lipinski definition) is 2. The molecule has 1 aromatic heterocycles. The zero-order valence-corrected chi connectivity index (χ0v) is 12.0. The first-order valence-electron chi connectivity index (χ1n) is 6.62. The first-order valence-corrected chi connectivity index (χ1v) is 6.62. The maximum atomic E-state index is 11.8. The van der Waals surface area contributed by atoms with Gasteiger partial charge in [0.2, 0.25) is 0 Å². The molecule has 0 atom stereocenters. The number of nitrogens with one attached hydrogen (secondary N) is 2. The molecular weight excluding hydrogens is 266 g/mol. The minimum atomic E-state index is -0.300. The molecule has 0 aliphatic carbocycles. The Morgan fingerprint density at radius 1 is 1.10 bits per heavy atom. The third-order valence-electron chi connectivity index (χ3n) is 2.97. The second-order valence-electron chi connectivity index (χ2n) is 4.75. The molecular formula is C16H17N3O2. The molecule has 2 N–H and O–H groups in total. The lowest BCUT2D eigenvalue weighted by atomic mass is 10.1. The molecule has 5 nitrogen and oxygen atoms in total. The number of benzene rings is 1. The summed E-state index contributed by atoms with van der Waals surface area (Å²) >= 11 is 0. The molecule has 0 aliphatic rings. The summed E-state index contributed by atoms with van der Waals surface area (Å²) in [5, 5.41) is 5.46. The number of aryl methyl sites for hydroxylation is 1. The minimum Gasteiger partial charge on any atom is -0.334 e. The first-order chi connectivity index (χ1) is 10.0. The average molecular weight is 283 g/mol. The van der Waals surface area contributed by atoms with Gasteiger partial charge in [-0.05, 0) is 49.7 Å². The van der Waals surface area contributed by atoms with Gasteiger partial charge < -0.3 is 10.6 Å². The molecule has 0 radical (unpaired) electrons. The third kappa shape index (κ3) is 4.42. The van der Waals surface area contributed by atoms with E-state index in [-0.39, 0.29) is 11.8 Å². The van der Waals surface area contributed by atoms with Crippen LogP contribution in [-0.4, -0.2) is 16.8 Å². The van der Waals surface area contributed by atoms with E-state index >= 15 is 0 Å². The fraction of sp³-hybridized carbons (Fsp3) is 0.188. The second-order valence-corrected chi connectivity index (χ2v) is 4.75. The van der Waals surface area contributed by atoms with Gasteiger partial charge in [0.25, 0.3) is 0 Å². The molecule has 2 rings (SSSR count). The predicted octanol–water partition coefficient (Wildman–Crippen LogP) is 2.91. The Kier molecular flexibility index (Phi) is 4.66. The molecule has 1 heterocycles. The van der Waals surface area contributed by atoms with Gasteiger partial charge in [0.15, 0.2) is 5.78 Å². The molecule has 1 aromatic carbocycles. The van der Waals surface area contributed by atoms with Crippen LogP contribution in [0.4, 0.5) is 10.5 Å². The van der Waals surface area contributed by atoms with Crippen LogP contribution in [0.25, 0.3) is 0 Å². The van der Waals surface area contributed by atoms with E-state index in [0.29, 0.717) is 17.8 Å². The Bertz CT molecular complexity index is 634. The van der Waals surface area contributed by atoms with Crippen LogP contribution in [0.1, 0.15) is 28.5 Å². The molecule has 0 fully saturated rings. The number of aromatic nitrogens is 1. The number of hydrogen-bond acceptors (Lipinski definition) is 3. The Morgan fingerprint density at radius 2 is 1.81 bits per heavy atom. The average Bonchev–Trinajstić information content (AvgIpc) is 2.47. The van der Waals surface area contributed by atoms with E-state index in [1.54, 1.807) is 30.5 Å². The highest BCUT2D eigenvalue weighted by Crippen LogP contribution is 2.10. The van der Waals surface area contributed by atoms with Gasteiger partial charge in [-0.25, -0.2) is 4.79 Å². The van der Waals surface area contributed by atoms with Crippen molar-refractivity contribution in [3.63, 3.8) is 0 Å². The molecule has 21 heavy (non-hydrogen) atoms. The second kappa shape index (κ2) is 6.65. The SMILES string of the molecule is CC(=O)c1ccc(NC(=O)NCc2ccc(C)nc2)cc1. The highest BCUT2D eigenvalue weighted by Gasteiger charge is 2.03. The summed E-state index contributed by atoms with van der Waals surface area (Å²) < 4.78 is 0. The van der Waals surface area contributed by atoms with Crippen molar-refractivity contribution in [2.75, 3.05) is 5.32 Å². The lowest BCUT2D eigenvalue weighted by molar-refractivity contribution is 0.101. The normalized spacial score (nSPS) is 10.0. The summed E-state index contributed by atoms with van der Waals surface area (Å²) in [4.78, 5) is 27.1. The summed E-state index contributed by atoms with van der Waals surface area (Å²) in [5.41, 5.74) is 3.13. The van der Waals surface area contributed by atoms with Gasteiger partial charge in [-0.1, -0.05) is 6.07 Å². The Balaban J connectivity index is 1.86. The van der Waals surface area contributed by atoms with Gasteiger partial charge in [0.1, 0.15) is 0 Å². The lowest BCUT2D eigenvalue weighted by Crippen LogP contribution is -2.28. The van der Waals surface area contributed by atoms with Crippen molar-refractivity contribution in [2.45, 2.75) is 20.4 Å². The highest BCUT2D eigenvalue weighted by molar-refractivity contribution is 5.95. The van der Waals surface area contributed by atoms with E-state index in [1.807, 2.05) is 19.1 Å². The molecule has 0 bridgehead atoms. The van der Waals surface area contributed by atoms with Crippen LogP contribution >= 0.6 is 0 Å². The number of carbonyl (C=O) groups is 2. The summed E-state index contributed by atoms with van der Waals surface area (Å²) in [5.74, 6) is -0.00197. The van der Waals surface area contributed by atoms with Crippen LogP contribution in [-0.2, 0) is 6.54 Å². The molecule has 0 spiro atoms. The summed E-state index contributed by atoms with van der Waals surface area (Å²) in [6, 6.07) is 10.3. The molecule has 2 amide bonds. The van der Waals surface area contributed by atoms with Crippen molar-refractivity contribution >= 4 is 17.5 Å². The summed E-state index contributed by atoms with van der Waals surface area (Å²) in [6.45, 7) is 3.82. The molecule has 5 heteroatoms. The summed E-state index contributed by atoms with van der Waals surface area (Å²) in [6.07, 6.45) is 1.73. The molecule has 0 saturated heterocycles. The molecule has 0 unspecified atom stereocenters. The third-order valence-corrected chi connectivity index (χ3v) is 2.97. The van der Waals surface area contributed by atoms with E-state index in [4.69, 9.17) is 0 Å². The maximum absolute atomic E-state index is 11.8. The fourth-order valence-electron chi connectivity index (χ4n) is 1.75. The van der Waals surface area contributed by atoms with Gasteiger partial charge in [0.05, 0.1) is 0 Å². The molecule has 2 aromatic rings. The number of amides is 2. The van der Waals surface area contributed by atoms with Crippen molar-refractivity contribution in [3.8, 4) is 0 Å². The fourth-order valence-corrected chi connectivity index (χ4v) is 1.75. The number of carbonyl (C=O) groups excluding carboxylic acids is 2. The van der Waals surface area contributed by atoms with Crippen LogP contribution < -0.4 is 10.6 Å². The quantitative estimate of drug-likeness (QED) is 0.847. The smallest absolute Gasteiger partial charge is 0.319 e. The van der Waals surface area contributed by atoms with Crippen LogP contribution in [0.2, 0.25) is 0 Å². The topological polar surface area (TPSA) is 71.1 Å². The van der Waals surface area contributed by atoms with E-state index in [9.17, 15) is 9.59 Å². The standard InChI is InChI=1S/C16H17N3O2/c1-11-3-4-13(9-17-11)10-18-16(21)19-15-7-5-14(6-8-15)12(2)20/h3-9H,10H2,1-2H3,(H2,18,19,21). The molecule has 108 valence electrons. The number of pyridine rings is 1. The molecule has 0 aliphatic heterocycles. The van der Waals surface area contributed by atoms with Gasteiger partial charge >= 0.3 is 6.03 Å². The Hall–Kier alpha value is -2.69. The number of nitrogens with zero attached hydrogens (tertiary/aromatic N) is 1. The van der Waals surface area contributed by atoms with Crippen molar-refractivity contribution in [3.05, 3.63) is 59.4 Å². The Morgan fingerprint density at radius 3 is 2.38 bits per heavy atom. The Labute approximate surface area is 123 Å². The van der Waals surface area contributed by atoms with E-state index in [0.717, 1.165) is 11.3 Å². The van der Waals surface area contributed by atoms with Crippen LogP contribution in [0.15, 0.2) is 42.6 Å². The number of anilines is 1. The highest BCUT2D eigenvalue weighted by atomic mass is 16.2. The van der Waals surface area contributed by atoms with E-state index < -0.39 is 0 Å². The van der Waals surface area contributed by atoms with Crippen molar-refractivity contribution in [1.82, 2.24) is 10.3 Å². The number of rotatable bonds is 4. The van der Waals surface area contributed by atoms with Gasteiger partial charge in [-0.15, -0.1) is 0 Å². The predicted molar refractivity (Wildman–Crippen MR) is 81.3 cm³/mol. The molecule has 0 saturated carbocycles. The van der Waals surface area contributed by atoms with Crippen molar-refractivity contribution in [2.24, 2.45) is 0 Å². The number of Topliss-reactive ketones (excluding diaryl/α,β-unsaturated/α-hetero) is 1. The van der Waals surface area contributed by atoms with Crippen molar-refractivity contribution in [1.29, 1.82) is 0 Å². The van der Waals surface area contributed by atoms with E-state index in [2.05, 4.69) is 15.6 Å². The number of urea groups is 1. The zero-order valence-electron chi connectivity index (χ0n) is 12.0. The minimum absolute atomic E-state index is 0.00197. The van der Waals surface area contributed by atoms with Crippen molar-refractivity contribution < 1.29 is 9.59 Å². The van der Waals surface area contributed by atoms with Crippen LogP contribution in [0.5, 0.6) is 0 Å². The zero-order chi connectivity index (χ0) is 15.2. The first kappa shape index (κ1) is 14.7. The largest absolute Gasteiger partial charge is 0.334 e. The maximum Gasteiger partial charge on any atom is 0.319 e. The lowest BCUT2D eigenvalue weighted by Gasteiger charge is -2.08. The van der Waals surface area contributed by atoms with Crippen LogP contribution in [0.3, 0.4) is 0 Å². The monoisotopic (exact) mass is 283 g/mol. The number of ketones is 1. The van der Waals surface area contributed by atoms with E-state index in [1.165, 1.54) is 6.92 Å². The van der Waals surface area contributed by atoms with Gasteiger partial charge in [-0.2, -0.15) is 0 Å². The van der Waals surface area contributed by atoms with Crippen LogP contribution in [0, 0.1) is 6.92 Å². The van der Waals surface area contributed by atoms with Gasteiger partial charge in [-0.3, -0.25) is 9.78 Å².